The van der Waals surface area contributed by atoms with Gasteiger partial charge in [-0.05, 0) is 18.9 Å². The normalized spacial score (nSPS) is 13.8. The van der Waals surface area contributed by atoms with Gasteiger partial charge in [0.15, 0.2) is 11.6 Å². The number of halogens is 5. The largest absolute Gasteiger partial charge is 0.493 e. The number of aromatic nitrogens is 2. The van der Waals surface area contributed by atoms with Crippen molar-refractivity contribution >= 4 is 23.2 Å². The molecule has 1 aromatic heterocycles. The molecule has 0 unspecified atom stereocenters. The standard InChI is InChI=1S/C17H15ClF4N4O4/c1-25-10(17(20,21)22)6-11(27)26(16(25)29)13-9(19)5-8(18)14(30-2)12(13)23-24-15(28)7-3-4-7/h5-7,23H,3-4H2,1-2H3,(H,24,28). The summed E-state index contributed by atoms with van der Waals surface area (Å²) in [5, 5.41) is -0.265. The summed E-state index contributed by atoms with van der Waals surface area (Å²) in [7, 11) is 1.94. The van der Waals surface area contributed by atoms with Crippen LogP contribution in [0.15, 0.2) is 21.7 Å². The molecule has 0 saturated heterocycles. The lowest BCUT2D eigenvalue weighted by molar-refractivity contribution is -0.144. The molecule has 1 aromatic carbocycles. The number of methoxy groups -OCH3 is 1. The van der Waals surface area contributed by atoms with E-state index >= 15 is 0 Å². The number of carbonyl (C=O) groups excluding carboxylic acids is 1. The van der Waals surface area contributed by atoms with Gasteiger partial charge in [0.1, 0.15) is 17.1 Å². The van der Waals surface area contributed by atoms with Gasteiger partial charge in [-0.3, -0.25) is 25.0 Å². The van der Waals surface area contributed by atoms with Gasteiger partial charge in [-0.25, -0.2) is 13.8 Å². The minimum atomic E-state index is -4.98. The van der Waals surface area contributed by atoms with Crippen LogP contribution in [0.2, 0.25) is 5.02 Å². The van der Waals surface area contributed by atoms with Gasteiger partial charge in [0.25, 0.3) is 5.56 Å². The number of ether oxygens (including phenoxy) is 1. The van der Waals surface area contributed by atoms with Crippen LogP contribution in [0.1, 0.15) is 18.5 Å². The number of amides is 1. The second kappa shape index (κ2) is 7.67. The highest BCUT2D eigenvalue weighted by Crippen LogP contribution is 2.39. The maximum atomic E-state index is 14.8. The van der Waals surface area contributed by atoms with E-state index in [2.05, 4.69) is 10.9 Å². The molecule has 30 heavy (non-hydrogen) atoms. The van der Waals surface area contributed by atoms with E-state index in [1.807, 2.05) is 0 Å². The molecule has 8 nitrogen and oxygen atoms in total. The zero-order chi connectivity index (χ0) is 22.4. The maximum Gasteiger partial charge on any atom is 0.431 e. The Kier molecular flexibility index (Phi) is 5.54. The smallest absolute Gasteiger partial charge is 0.431 e. The molecular formula is C17H15ClF4N4O4. The van der Waals surface area contributed by atoms with Gasteiger partial charge >= 0.3 is 11.9 Å². The summed E-state index contributed by atoms with van der Waals surface area (Å²) in [5.41, 5.74) is -0.911. The zero-order valence-corrected chi connectivity index (χ0v) is 16.3. The van der Waals surface area contributed by atoms with Crippen LogP contribution in [-0.2, 0) is 18.0 Å². The molecule has 1 saturated carbocycles. The second-order valence-corrected chi connectivity index (χ2v) is 6.94. The minimum Gasteiger partial charge on any atom is -0.493 e. The Morgan fingerprint density at radius 2 is 1.90 bits per heavy atom. The van der Waals surface area contributed by atoms with E-state index in [4.69, 9.17) is 16.3 Å². The van der Waals surface area contributed by atoms with Crippen molar-refractivity contribution in [2.75, 3.05) is 12.5 Å². The van der Waals surface area contributed by atoms with Crippen LogP contribution in [0.3, 0.4) is 0 Å². The first-order valence-electron chi connectivity index (χ1n) is 8.49. The third kappa shape index (κ3) is 3.86. The summed E-state index contributed by atoms with van der Waals surface area (Å²) in [6.07, 6.45) is -3.68. The summed E-state index contributed by atoms with van der Waals surface area (Å²) in [4.78, 5) is 36.9. The number of alkyl halides is 3. The van der Waals surface area contributed by atoms with Gasteiger partial charge in [0.2, 0.25) is 5.91 Å². The number of hydrogen-bond acceptors (Lipinski definition) is 5. The average Bonchev–Trinajstić information content (AvgIpc) is 3.48. The van der Waals surface area contributed by atoms with Crippen molar-refractivity contribution < 1.29 is 27.1 Å². The molecule has 1 aliphatic carbocycles. The molecule has 162 valence electrons. The quantitative estimate of drug-likeness (QED) is 0.538. The lowest BCUT2D eigenvalue weighted by atomic mass is 10.2. The van der Waals surface area contributed by atoms with Crippen LogP contribution in [0.4, 0.5) is 23.2 Å². The number of carbonyl (C=O) groups is 1. The van der Waals surface area contributed by atoms with Gasteiger partial charge in [-0.1, -0.05) is 11.6 Å². The van der Waals surface area contributed by atoms with Crippen molar-refractivity contribution in [2.45, 2.75) is 19.0 Å². The Morgan fingerprint density at radius 3 is 2.43 bits per heavy atom. The molecule has 2 N–H and O–H groups in total. The van der Waals surface area contributed by atoms with Crippen molar-refractivity contribution in [3.8, 4) is 11.4 Å². The number of benzene rings is 1. The molecule has 1 heterocycles. The van der Waals surface area contributed by atoms with Gasteiger partial charge < -0.3 is 4.74 Å². The van der Waals surface area contributed by atoms with E-state index < -0.39 is 46.2 Å². The van der Waals surface area contributed by atoms with Crippen LogP contribution in [0.25, 0.3) is 5.69 Å². The first-order valence-corrected chi connectivity index (χ1v) is 8.87. The Hall–Kier alpha value is -3.02. The summed E-state index contributed by atoms with van der Waals surface area (Å²) in [6.45, 7) is 0. The molecule has 1 amide bonds. The Morgan fingerprint density at radius 1 is 1.27 bits per heavy atom. The Labute approximate surface area is 171 Å². The summed E-state index contributed by atoms with van der Waals surface area (Å²) >= 11 is 5.94. The highest BCUT2D eigenvalue weighted by molar-refractivity contribution is 6.32. The van der Waals surface area contributed by atoms with E-state index in [9.17, 15) is 31.9 Å². The second-order valence-electron chi connectivity index (χ2n) is 6.53. The van der Waals surface area contributed by atoms with Crippen molar-refractivity contribution in [1.82, 2.24) is 14.6 Å². The number of hydrogen-bond donors (Lipinski definition) is 2. The fourth-order valence-electron chi connectivity index (χ4n) is 2.80. The molecular weight excluding hydrogens is 436 g/mol. The molecule has 0 aliphatic heterocycles. The fraction of sp³-hybridized carbons (Fsp3) is 0.353. The molecule has 0 radical (unpaired) electrons. The average molecular weight is 451 g/mol. The van der Waals surface area contributed by atoms with Gasteiger partial charge in [0, 0.05) is 19.0 Å². The van der Waals surface area contributed by atoms with Crippen molar-refractivity contribution in [3.05, 3.63) is 49.5 Å². The Balaban J connectivity index is 2.25. The van der Waals surface area contributed by atoms with Crippen molar-refractivity contribution in [3.63, 3.8) is 0 Å². The van der Waals surface area contributed by atoms with Crippen LogP contribution in [-0.4, -0.2) is 22.2 Å². The molecule has 3 rings (SSSR count). The van der Waals surface area contributed by atoms with E-state index in [1.165, 1.54) is 0 Å². The third-order valence-electron chi connectivity index (χ3n) is 4.46. The minimum absolute atomic E-state index is 0.161. The van der Waals surface area contributed by atoms with Gasteiger partial charge in [-0.15, -0.1) is 0 Å². The monoisotopic (exact) mass is 450 g/mol. The highest BCUT2D eigenvalue weighted by Gasteiger charge is 2.36. The molecule has 1 fully saturated rings. The molecule has 13 heteroatoms. The summed E-state index contributed by atoms with van der Waals surface area (Å²) < 4.78 is 59.5. The fourth-order valence-corrected chi connectivity index (χ4v) is 3.07. The van der Waals surface area contributed by atoms with Crippen LogP contribution in [0, 0.1) is 11.7 Å². The molecule has 0 spiro atoms. The lowest BCUT2D eigenvalue weighted by Gasteiger charge is -2.20. The predicted molar refractivity (Wildman–Crippen MR) is 98.3 cm³/mol. The number of hydrazine groups is 1. The van der Waals surface area contributed by atoms with Gasteiger partial charge in [-0.2, -0.15) is 13.2 Å². The first-order chi connectivity index (χ1) is 14.0. The van der Waals surface area contributed by atoms with Crippen molar-refractivity contribution in [1.29, 1.82) is 0 Å². The zero-order valence-electron chi connectivity index (χ0n) is 15.6. The molecule has 0 bridgehead atoms. The molecule has 0 atom stereocenters. The van der Waals surface area contributed by atoms with Crippen LogP contribution < -0.4 is 26.8 Å². The molecule has 1 aliphatic rings. The van der Waals surface area contributed by atoms with Gasteiger partial charge in [0.05, 0.1) is 12.1 Å². The first kappa shape index (κ1) is 21.7. The number of nitrogens with one attached hydrogen (secondary N) is 2. The molecule has 2 aromatic rings. The lowest BCUT2D eigenvalue weighted by Crippen LogP contribution is -2.42. The third-order valence-corrected chi connectivity index (χ3v) is 4.74. The van der Waals surface area contributed by atoms with Crippen LogP contribution >= 0.6 is 11.6 Å². The van der Waals surface area contributed by atoms with E-state index in [0.717, 1.165) is 20.2 Å². The van der Waals surface area contributed by atoms with E-state index in [0.29, 0.717) is 12.8 Å². The predicted octanol–water partition coefficient (Wildman–Crippen LogP) is 2.21. The Bertz CT molecular complexity index is 1140. The van der Waals surface area contributed by atoms with Crippen LogP contribution in [0.5, 0.6) is 5.75 Å². The van der Waals surface area contributed by atoms with E-state index in [1.54, 1.807) is 0 Å². The number of rotatable bonds is 5. The topological polar surface area (TPSA) is 94.4 Å². The highest BCUT2D eigenvalue weighted by atomic mass is 35.5. The number of anilines is 1. The van der Waals surface area contributed by atoms with E-state index in [-0.39, 0.29) is 31.9 Å². The van der Waals surface area contributed by atoms with Crippen molar-refractivity contribution in [2.24, 2.45) is 13.0 Å². The summed E-state index contributed by atoms with van der Waals surface area (Å²) in [5.74, 6) is -2.13. The summed E-state index contributed by atoms with van der Waals surface area (Å²) in [6, 6.07) is 0.891. The number of nitrogens with zero attached hydrogens (tertiary/aromatic N) is 2. The maximum absolute atomic E-state index is 14.8. The SMILES string of the molecule is COc1c(Cl)cc(F)c(-n2c(=O)cc(C(F)(F)F)n(C)c2=O)c1NNC(=O)C1CC1.